The predicted molar refractivity (Wildman–Crippen MR) is 73.9 cm³/mol. The Labute approximate surface area is 108 Å². The lowest BCUT2D eigenvalue weighted by Gasteiger charge is -2.16. The van der Waals surface area contributed by atoms with Gasteiger partial charge in [-0.2, -0.15) is 0 Å². The molecule has 2 unspecified atom stereocenters. The smallest absolute Gasteiger partial charge is 0.252 e. The normalized spacial score (nSPS) is 23.6. The van der Waals surface area contributed by atoms with Gasteiger partial charge in [-0.1, -0.05) is 33.6 Å². The molecule has 18 heavy (non-hydrogen) atoms. The van der Waals surface area contributed by atoms with Crippen molar-refractivity contribution in [2.75, 3.05) is 11.9 Å². The number of rotatable bonds is 4. The summed E-state index contributed by atoms with van der Waals surface area (Å²) in [4.78, 5) is 18.8. The summed E-state index contributed by atoms with van der Waals surface area (Å²) >= 11 is 0. The summed E-state index contributed by atoms with van der Waals surface area (Å²) in [7, 11) is 0. The van der Waals surface area contributed by atoms with Crippen molar-refractivity contribution in [2.45, 2.75) is 46.0 Å². The Morgan fingerprint density at radius 2 is 2.28 bits per heavy atom. The van der Waals surface area contributed by atoms with Crippen molar-refractivity contribution in [3.8, 4) is 0 Å². The van der Waals surface area contributed by atoms with Crippen molar-refractivity contribution in [1.82, 2.24) is 9.97 Å². The Kier molecular flexibility index (Phi) is 4.04. The quantitative estimate of drug-likeness (QED) is 0.862. The molecule has 1 aromatic rings. The molecule has 0 saturated heterocycles. The molecule has 2 rings (SSSR count). The molecule has 4 nitrogen and oxygen atoms in total. The molecule has 0 spiro atoms. The molecule has 1 aliphatic rings. The fourth-order valence-electron chi connectivity index (χ4n) is 2.60. The molecule has 0 aliphatic heterocycles. The van der Waals surface area contributed by atoms with Crippen LogP contribution in [0.1, 0.15) is 51.8 Å². The van der Waals surface area contributed by atoms with E-state index in [1.807, 2.05) is 13.8 Å². The predicted octanol–water partition coefficient (Wildman–Crippen LogP) is 2.74. The zero-order valence-electron chi connectivity index (χ0n) is 11.5. The van der Waals surface area contributed by atoms with Crippen molar-refractivity contribution in [3.05, 3.63) is 22.2 Å². The number of H-pyrrole nitrogens is 1. The van der Waals surface area contributed by atoms with Crippen molar-refractivity contribution >= 4 is 5.82 Å². The molecule has 1 heterocycles. The average Bonchev–Trinajstić information content (AvgIpc) is 2.71. The Bertz CT molecular complexity index is 453. The molecule has 0 aromatic carbocycles. The van der Waals surface area contributed by atoms with Crippen molar-refractivity contribution < 1.29 is 0 Å². The molecule has 0 radical (unpaired) electrons. The maximum absolute atomic E-state index is 11.5. The minimum absolute atomic E-state index is 0.0735. The summed E-state index contributed by atoms with van der Waals surface area (Å²) in [5, 5.41) is 3.32. The Morgan fingerprint density at radius 1 is 1.50 bits per heavy atom. The summed E-state index contributed by atoms with van der Waals surface area (Å²) in [6.45, 7) is 7.29. The Hall–Kier alpha value is -1.32. The van der Waals surface area contributed by atoms with Crippen LogP contribution < -0.4 is 10.9 Å². The first-order chi connectivity index (χ1) is 8.56. The third-order valence-corrected chi connectivity index (χ3v) is 3.89. The lowest BCUT2D eigenvalue weighted by atomic mass is 9.98. The zero-order valence-corrected chi connectivity index (χ0v) is 11.5. The largest absolute Gasteiger partial charge is 0.370 e. The van der Waals surface area contributed by atoms with Gasteiger partial charge < -0.3 is 10.3 Å². The summed E-state index contributed by atoms with van der Waals surface area (Å²) < 4.78 is 0. The third kappa shape index (κ3) is 3.12. The van der Waals surface area contributed by atoms with E-state index in [2.05, 4.69) is 22.2 Å². The van der Waals surface area contributed by atoms with Crippen LogP contribution in [0.15, 0.2) is 10.9 Å². The zero-order chi connectivity index (χ0) is 13.1. The van der Waals surface area contributed by atoms with Crippen LogP contribution in [-0.4, -0.2) is 16.5 Å². The second kappa shape index (κ2) is 5.55. The van der Waals surface area contributed by atoms with Crippen LogP contribution in [-0.2, 0) is 0 Å². The molecule has 0 amide bonds. The molecule has 0 bridgehead atoms. The highest BCUT2D eigenvalue weighted by atomic mass is 16.1. The van der Waals surface area contributed by atoms with Gasteiger partial charge in [0.2, 0.25) is 0 Å². The number of hydrogen-bond donors (Lipinski definition) is 2. The fraction of sp³-hybridized carbons (Fsp3) is 0.714. The first-order valence-electron chi connectivity index (χ1n) is 6.91. The fourth-order valence-corrected chi connectivity index (χ4v) is 2.60. The van der Waals surface area contributed by atoms with E-state index < -0.39 is 0 Å². The second-order valence-corrected chi connectivity index (χ2v) is 5.72. The molecule has 2 N–H and O–H groups in total. The SMILES string of the molecule is CC(C)c1nc(NCC2CCCC2C)cc(=O)[nH]1. The van der Waals surface area contributed by atoms with Crippen LogP contribution in [0.3, 0.4) is 0 Å². The monoisotopic (exact) mass is 249 g/mol. The number of nitrogens with one attached hydrogen (secondary N) is 2. The minimum Gasteiger partial charge on any atom is -0.370 e. The first kappa shape index (κ1) is 13.1. The molecular weight excluding hydrogens is 226 g/mol. The summed E-state index contributed by atoms with van der Waals surface area (Å²) in [6.07, 6.45) is 3.94. The molecule has 4 heteroatoms. The van der Waals surface area contributed by atoms with Crippen molar-refractivity contribution in [3.63, 3.8) is 0 Å². The van der Waals surface area contributed by atoms with E-state index in [1.54, 1.807) is 6.07 Å². The van der Waals surface area contributed by atoms with Crippen molar-refractivity contribution in [2.24, 2.45) is 11.8 Å². The summed E-state index contributed by atoms with van der Waals surface area (Å²) in [6, 6.07) is 1.55. The number of anilines is 1. The number of aromatic amines is 1. The lowest BCUT2D eigenvalue weighted by Crippen LogP contribution is -2.20. The molecule has 2 atom stereocenters. The number of nitrogens with zero attached hydrogens (tertiary/aromatic N) is 1. The molecule has 1 aliphatic carbocycles. The standard InChI is InChI=1S/C14H23N3O/c1-9(2)14-16-12(7-13(18)17-14)15-8-11-6-4-5-10(11)3/h7,9-11H,4-6,8H2,1-3H3,(H2,15,16,17,18). The summed E-state index contributed by atoms with van der Waals surface area (Å²) in [5.74, 6) is 3.20. The van der Waals surface area contributed by atoms with E-state index in [0.717, 1.165) is 18.3 Å². The van der Waals surface area contributed by atoms with Crippen LogP contribution in [0.25, 0.3) is 0 Å². The van der Waals surface area contributed by atoms with E-state index in [0.29, 0.717) is 11.7 Å². The highest BCUT2D eigenvalue weighted by Crippen LogP contribution is 2.31. The summed E-state index contributed by atoms with van der Waals surface area (Å²) in [5.41, 5.74) is -0.0735. The third-order valence-electron chi connectivity index (χ3n) is 3.89. The van der Waals surface area contributed by atoms with Gasteiger partial charge in [0, 0.05) is 18.5 Å². The van der Waals surface area contributed by atoms with Crippen LogP contribution in [0.4, 0.5) is 5.82 Å². The van der Waals surface area contributed by atoms with Gasteiger partial charge in [-0.05, 0) is 18.3 Å². The number of aromatic nitrogens is 2. The van der Waals surface area contributed by atoms with E-state index in [1.165, 1.54) is 19.3 Å². The van der Waals surface area contributed by atoms with Gasteiger partial charge in [-0.25, -0.2) is 4.98 Å². The van der Waals surface area contributed by atoms with E-state index in [-0.39, 0.29) is 11.5 Å². The average molecular weight is 249 g/mol. The van der Waals surface area contributed by atoms with Crippen LogP contribution >= 0.6 is 0 Å². The van der Waals surface area contributed by atoms with Crippen molar-refractivity contribution in [1.29, 1.82) is 0 Å². The molecule has 1 aromatic heterocycles. The van der Waals surface area contributed by atoms with E-state index >= 15 is 0 Å². The van der Waals surface area contributed by atoms with Gasteiger partial charge in [-0.3, -0.25) is 4.79 Å². The highest BCUT2D eigenvalue weighted by molar-refractivity contribution is 5.33. The van der Waals surface area contributed by atoms with Crippen LogP contribution in [0, 0.1) is 11.8 Å². The highest BCUT2D eigenvalue weighted by Gasteiger charge is 2.22. The molecule has 1 saturated carbocycles. The van der Waals surface area contributed by atoms with Crippen LogP contribution in [0.5, 0.6) is 0 Å². The first-order valence-corrected chi connectivity index (χ1v) is 6.91. The van der Waals surface area contributed by atoms with Gasteiger partial charge in [0.1, 0.15) is 11.6 Å². The lowest BCUT2D eigenvalue weighted by molar-refractivity contribution is 0.439. The molecule has 100 valence electrons. The second-order valence-electron chi connectivity index (χ2n) is 5.72. The maximum Gasteiger partial charge on any atom is 0.252 e. The van der Waals surface area contributed by atoms with E-state index in [9.17, 15) is 4.79 Å². The molecular formula is C14H23N3O. The van der Waals surface area contributed by atoms with E-state index in [4.69, 9.17) is 0 Å². The van der Waals surface area contributed by atoms with Gasteiger partial charge >= 0.3 is 0 Å². The van der Waals surface area contributed by atoms with Gasteiger partial charge in [0.15, 0.2) is 0 Å². The van der Waals surface area contributed by atoms with Gasteiger partial charge in [0.05, 0.1) is 0 Å². The van der Waals surface area contributed by atoms with Crippen LogP contribution in [0.2, 0.25) is 0 Å². The Balaban J connectivity index is 2.02. The topological polar surface area (TPSA) is 57.8 Å². The number of hydrogen-bond acceptors (Lipinski definition) is 3. The maximum atomic E-state index is 11.5. The Morgan fingerprint density at radius 3 is 2.89 bits per heavy atom. The minimum atomic E-state index is -0.0735. The molecule has 1 fully saturated rings. The van der Waals surface area contributed by atoms with Gasteiger partial charge in [-0.15, -0.1) is 0 Å². The van der Waals surface area contributed by atoms with Gasteiger partial charge in [0.25, 0.3) is 5.56 Å².